The lowest BCUT2D eigenvalue weighted by atomic mass is 9.79. The van der Waals surface area contributed by atoms with Gasteiger partial charge in [-0.25, -0.2) is 0 Å². The number of thioether (sulfide) groups is 12. The van der Waals surface area contributed by atoms with Crippen molar-refractivity contribution in [3.63, 3.8) is 0 Å². The molecule has 6 heterocycles. The van der Waals surface area contributed by atoms with Gasteiger partial charge in [0.25, 0.3) is 0 Å². The molecule has 0 atom stereocenters. The molecule has 0 spiro atoms. The molecule has 6 aliphatic heterocycles. The summed E-state index contributed by atoms with van der Waals surface area (Å²) >= 11 is 16.3. The zero-order chi connectivity index (χ0) is 96.1. The maximum absolute atomic E-state index is 12.0. The van der Waals surface area contributed by atoms with E-state index in [1.54, 1.807) is 0 Å². The van der Waals surface area contributed by atoms with Crippen LogP contribution in [-0.4, -0.2) is 39.3 Å². The summed E-state index contributed by atoms with van der Waals surface area (Å²) in [5, 5.41) is 165. The number of allylic oxidation sites excluding steroid dienone is 18. The largest absolute Gasteiger partial charge is 0.372 e. The molecule has 27 heteroatoms. The molecule has 4 aromatic rings. The van der Waals surface area contributed by atoms with Crippen molar-refractivity contribution >= 4 is 192 Å². The molecule has 6 aliphatic rings. The van der Waals surface area contributed by atoms with Crippen molar-refractivity contribution in [2.45, 2.75) is 196 Å². The molecule has 0 aromatic heterocycles. The third-order valence-corrected chi connectivity index (χ3v) is 35.6. The van der Waals surface area contributed by atoms with E-state index >= 15 is 0 Å². The molecule has 0 fully saturated rings. The van der Waals surface area contributed by atoms with E-state index in [1.807, 2.05) is 156 Å². The summed E-state index contributed by atoms with van der Waals surface area (Å²) in [6.45, 7) is 17.9. The van der Waals surface area contributed by atoms with Crippen LogP contribution in [0, 0.1) is 136 Å². The van der Waals surface area contributed by atoms with Crippen LogP contribution in [0.2, 0.25) is 0 Å². The second-order valence-corrected chi connectivity index (χ2v) is 44.2. The topological polar surface area (TPSA) is 295 Å². The zero-order valence-electron chi connectivity index (χ0n) is 76.9. The van der Waals surface area contributed by atoms with Gasteiger partial charge in [-0.15, -0.1) is 0 Å². The minimum Gasteiger partial charge on any atom is -0.372 e. The first-order chi connectivity index (χ1) is 66.3. The number of anilines is 3. The molecule has 4 aromatic carbocycles. The van der Waals surface area contributed by atoms with Crippen molar-refractivity contribution in [1.82, 2.24) is 0 Å². The fourth-order valence-electron chi connectivity index (χ4n) is 16.3. The molecule has 0 radical (unpaired) electrons. The van der Waals surface area contributed by atoms with Crippen LogP contribution in [0.3, 0.4) is 0 Å². The van der Waals surface area contributed by atoms with Gasteiger partial charge in [-0.2, -0.15) is 63.1 Å². The van der Waals surface area contributed by atoms with Crippen LogP contribution in [0.5, 0.6) is 0 Å². The van der Waals surface area contributed by atoms with E-state index in [-0.39, 0.29) is 50.2 Å². The monoisotopic (exact) mass is 2000 g/mol. The van der Waals surface area contributed by atoms with E-state index in [1.165, 1.54) is 141 Å². The fraction of sp³-hybridized carbons (Fsp3) is 0.333. The number of hydrogen-bond acceptors (Lipinski definition) is 27. The highest BCUT2D eigenvalue weighted by Gasteiger charge is 2.39. The molecule has 0 aliphatic carbocycles. The van der Waals surface area contributed by atoms with Gasteiger partial charge >= 0.3 is 0 Å². The van der Waals surface area contributed by atoms with Crippen molar-refractivity contribution in [3.05, 3.63) is 282 Å². The number of unbranched alkanes of at least 4 members (excludes halogenated alkanes) is 18. The van der Waals surface area contributed by atoms with Crippen LogP contribution >= 0.6 is 141 Å². The normalized spacial score (nSPS) is 13.3. The van der Waals surface area contributed by atoms with E-state index in [9.17, 15) is 63.1 Å². The third kappa shape index (κ3) is 28.5. The maximum Gasteiger partial charge on any atom is 0.138 e. The summed E-state index contributed by atoms with van der Waals surface area (Å²) < 4.78 is 3.56. The van der Waals surface area contributed by atoms with Gasteiger partial charge in [0.05, 0.1) is 25.4 Å². The van der Waals surface area contributed by atoms with E-state index in [4.69, 9.17) is 0 Å². The van der Waals surface area contributed by atoms with E-state index < -0.39 is 16.7 Å². The van der Waals surface area contributed by atoms with Gasteiger partial charge in [-0.05, 0) is 191 Å². The number of nitrogens with zero attached hydrogens (tertiary/aromatic N) is 15. The summed E-state index contributed by atoms with van der Waals surface area (Å²) in [5.74, 6) is 0. The van der Waals surface area contributed by atoms with Gasteiger partial charge in [0, 0.05) is 123 Å². The SMILES string of the molecule is CCCCCCN(CCCCCC)c1ccc(C(=C(C#N)C#N)C(=C(C#N)C#N)C(=C2SC=CS2)C(=C2SC=CS2)c2cc(C(=C3SC=CS3)C(=C3SC=CS3)C(=C(C#N)C#N)C(=C(C#N)C#N)c3ccc(N(CCCCCC)CCCCCC)cc3)cc(C(=C3SC=CS3)C(=C3SC=CS3)C(=C(C#N)C#N)C(=C(C#N)C#N)c3ccc(N(CCCCCC)CCCCCC)cc3)c2)cc1. The number of rotatable bonds is 48. The highest BCUT2D eigenvalue weighted by Crippen LogP contribution is 2.61. The molecule has 0 bridgehead atoms. The highest BCUT2D eigenvalue weighted by molar-refractivity contribution is 8.30. The van der Waals surface area contributed by atoms with Crippen LogP contribution in [0.15, 0.2) is 248 Å². The Bertz CT molecular complexity index is 5390. The quantitative estimate of drug-likeness (QED) is 0.0225. The summed E-state index contributed by atoms with van der Waals surface area (Å²) in [6.07, 6.45) is 25.1. The fourth-order valence-corrected chi connectivity index (χ4v) is 27.7. The molecule has 0 saturated heterocycles. The Labute approximate surface area is 850 Å². The molecule has 15 nitrogen and oxygen atoms in total. The Balaban J connectivity index is 1.39. The van der Waals surface area contributed by atoms with Crippen LogP contribution in [0.1, 0.15) is 229 Å². The van der Waals surface area contributed by atoms with Gasteiger partial charge in [0.15, 0.2) is 0 Å². The summed E-state index contributed by atoms with van der Waals surface area (Å²) in [4.78, 5) is 7.15. The Hall–Kier alpha value is -10.3. The van der Waals surface area contributed by atoms with Crippen molar-refractivity contribution in [2.75, 3.05) is 54.0 Å². The minimum absolute atomic E-state index is 0.0107. The molecule has 135 heavy (non-hydrogen) atoms. The average molecular weight is 2000 g/mol. The second-order valence-electron chi connectivity index (χ2n) is 31.6. The minimum atomic E-state index is -0.415. The summed E-state index contributed by atoms with van der Waals surface area (Å²) in [5.41, 5.74) is 4.99. The van der Waals surface area contributed by atoms with Crippen LogP contribution in [-0.2, 0) is 0 Å². The number of benzene rings is 4. The highest BCUT2D eigenvalue weighted by atomic mass is 32.2. The van der Waals surface area contributed by atoms with Gasteiger partial charge < -0.3 is 14.7 Å². The predicted molar refractivity (Wildman–Crippen MR) is 584 cm³/mol. The third-order valence-electron chi connectivity index (χ3n) is 22.8. The molecule has 10 rings (SSSR count). The smallest absolute Gasteiger partial charge is 0.138 e. The molecule has 0 N–H and O–H groups in total. The van der Waals surface area contributed by atoms with Gasteiger partial charge in [-0.1, -0.05) is 335 Å². The van der Waals surface area contributed by atoms with E-state index in [2.05, 4.69) is 129 Å². The molecular weight excluding hydrogens is 1890 g/mol. The van der Waals surface area contributed by atoms with Gasteiger partial charge in [-0.3, -0.25) is 0 Å². The first kappa shape index (κ1) is 107. The van der Waals surface area contributed by atoms with Gasteiger partial charge in [0.2, 0.25) is 0 Å². The Morgan fingerprint density at radius 2 is 0.378 bits per heavy atom. The Kier molecular flexibility index (Phi) is 46.1. The molecule has 0 amide bonds. The standard InChI is InChI=1S/C108H105N15S12/c1-7-13-19-25-43-121(44-26-20-14-8-2)88-37-31-76(32-38-88)91(82(64-109)65-110)94(85(70-115)71-116)100(106-130-55-56-131-106)97(103-124-49-50-125-103)79-61-80(98(104-126-51-52-127-104)101(107-132-57-58-133-107)95(86(72-117)73-118)92(83(66-111)67-112)77-33-39-89(40-34-77)122(45-27-21-15-9-3)46-28-22-16-10-4)63-81(62-79)99(105-128-53-54-129-105)102(108-134-59-60-135-108)96(87(74-119)75-120)93(84(68-113)69-114)78-35-41-90(42-36-78)123(47-29-23-17-11-5)48-30-24-18-12-6/h31-42,49-63H,7-30,43-48H2,1-6H3. The Morgan fingerprint density at radius 3 is 0.541 bits per heavy atom. The Morgan fingerprint density at radius 1 is 0.207 bits per heavy atom. The first-order valence-electron chi connectivity index (χ1n) is 45.7. The summed E-state index contributed by atoms with van der Waals surface area (Å²) in [7, 11) is 0. The van der Waals surface area contributed by atoms with E-state index in [0.29, 0.717) is 92.2 Å². The second kappa shape index (κ2) is 58.3. The number of nitriles is 12. The first-order valence-corrected chi connectivity index (χ1v) is 56.3. The van der Waals surface area contributed by atoms with Crippen LogP contribution in [0.4, 0.5) is 17.1 Å². The molecule has 684 valence electrons. The van der Waals surface area contributed by atoms with Gasteiger partial charge in [0.1, 0.15) is 106 Å². The number of hydrogen-bond donors (Lipinski definition) is 0. The van der Waals surface area contributed by atoms with Crippen molar-refractivity contribution < 1.29 is 0 Å². The lowest BCUT2D eigenvalue weighted by Gasteiger charge is -2.28. The van der Waals surface area contributed by atoms with Crippen LogP contribution < -0.4 is 14.7 Å². The van der Waals surface area contributed by atoms with Crippen molar-refractivity contribution in [2.24, 2.45) is 0 Å². The van der Waals surface area contributed by atoms with Crippen molar-refractivity contribution in [3.8, 4) is 72.8 Å². The molecule has 0 unspecified atom stereocenters. The average Bonchev–Trinajstić information content (AvgIpc) is 1.73. The molecular formula is C108H105N15S12. The van der Waals surface area contributed by atoms with Crippen molar-refractivity contribution in [1.29, 1.82) is 63.1 Å². The van der Waals surface area contributed by atoms with E-state index in [0.717, 1.165) is 210 Å². The molecule has 0 saturated carbocycles. The maximum atomic E-state index is 12.0. The summed E-state index contributed by atoms with van der Waals surface area (Å²) in [6, 6.07) is 56.2. The predicted octanol–water partition coefficient (Wildman–Crippen LogP) is 33.5. The van der Waals surface area contributed by atoms with Crippen LogP contribution in [0.25, 0.3) is 33.4 Å². The lowest BCUT2D eigenvalue weighted by molar-refractivity contribution is 0.609. The lowest BCUT2D eigenvalue weighted by Crippen LogP contribution is -2.25. The zero-order valence-corrected chi connectivity index (χ0v) is 86.7.